The molecule has 0 unspecified atom stereocenters. The summed E-state index contributed by atoms with van der Waals surface area (Å²) in [5, 5.41) is 3.02. The molecule has 0 amide bonds. The number of rotatable bonds is 3. The van der Waals surface area contributed by atoms with E-state index in [2.05, 4.69) is 5.32 Å². The third kappa shape index (κ3) is 2.52. The van der Waals surface area contributed by atoms with Gasteiger partial charge in [0.1, 0.15) is 5.82 Å². The number of benzene rings is 1. The third-order valence-corrected chi connectivity index (χ3v) is 2.12. The lowest BCUT2D eigenvalue weighted by Crippen LogP contribution is -2.11. The maximum atomic E-state index is 13.5. The van der Waals surface area contributed by atoms with Gasteiger partial charge in [0.2, 0.25) is 0 Å². The molecular formula is C11H16FN. The molecule has 0 aliphatic carbocycles. The van der Waals surface area contributed by atoms with Gasteiger partial charge in [-0.1, -0.05) is 17.7 Å². The zero-order valence-corrected chi connectivity index (χ0v) is 8.45. The minimum atomic E-state index is -0.0548. The largest absolute Gasteiger partial charge is 0.319 e. The molecule has 0 radical (unpaired) electrons. The van der Waals surface area contributed by atoms with E-state index in [0.29, 0.717) is 0 Å². The summed E-state index contributed by atoms with van der Waals surface area (Å²) in [4.78, 5) is 0. The van der Waals surface area contributed by atoms with E-state index in [4.69, 9.17) is 0 Å². The molecule has 1 aromatic rings. The van der Waals surface area contributed by atoms with Crippen molar-refractivity contribution in [2.45, 2.75) is 20.3 Å². The number of aryl methyl sites for hydroxylation is 2. The molecule has 0 aliphatic heterocycles. The van der Waals surface area contributed by atoms with Crippen LogP contribution in [0.3, 0.4) is 0 Å². The lowest BCUT2D eigenvalue weighted by atomic mass is 10.0. The molecule has 0 bridgehead atoms. The quantitative estimate of drug-likeness (QED) is 0.753. The Hall–Kier alpha value is -0.890. The average molecular weight is 181 g/mol. The molecule has 0 fully saturated rings. The topological polar surface area (TPSA) is 12.0 Å². The number of hydrogen-bond acceptors (Lipinski definition) is 1. The number of halogens is 1. The first-order valence-corrected chi connectivity index (χ1v) is 4.55. The smallest absolute Gasteiger partial charge is 0.129 e. The molecule has 13 heavy (non-hydrogen) atoms. The van der Waals surface area contributed by atoms with Crippen molar-refractivity contribution in [1.82, 2.24) is 5.32 Å². The van der Waals surface area contributed by atoms with Crippen molar-refractivity contribution in [3.8, 4) is 0 Å². The summed E-state index contributed by atoms with van der Waals surface area (Å²) < 4.78 is 13.5. The highest BCUT2D eigenvalue weighted by Crippen LogP contribution is 2.15. The van der Waals surface area contributed by atoms with Gasteiger partial charge in [-0.05, 0) is 45.0 Å². The van der Waals surface area contributed by atoms with Crippen LogP contribution < -0.4 is 5.32 Å². The number of likely N-dealkylation sites (N-methyl/N-ethyl adjacent to an activating group) is 1. The summed E-state index contributed by atoms with van der Waals surface area (Å²) in [5.41, 5.74) is 2.68. The predicted octanol–water partition coefficient (Wildman–Crippen LogP) is 2.20. The Morgan fingerprint density at radius 1 is 1.31 bits per heavy atom. The monoisotopic (exact) mass is 181 g/mol. The Kier molecular flexibility index (Phi) is 3.43. The van der Waals surface area contributed by atoms with E-state index in [9.17, 15) is 4.39 Å². The Morgan fingerprint density at radius 2 is 2.00 bits per heavy atom. The highest BCUT2D eigenvalue weighted by molar-refractivity contribution is 5.30. The highest BCUT2D eigenvalue weighted by Gasteiger charge is 2.05. The van der Waals surface area contributed by atoms with Crippen LogP contribution in [0.2, 0.25) is 0 Å². The first-order valence-electron chi connectivity index (χ1n) is 4.55. The van der Waals surface area contributed by atoms with Gasteiger partial charge < -0.3 is 5.32 Å². The zero-order chi connectivity index (χ0) is 9.84. The summed E-state index contributed by atoms with van der Waals surface area (Å²) in [5.74, 6) is -0.0548. The van der Waals surface area contributed by atoms with Crippen molar-refractivity contribution in [2.75, 3.05) is 13.6 Å². The van der Waals surface area contributed by atoms with E-state index in [0.717, 1.165) is 29.7 Å². The van der Waals surface area contributed by atoms with Gasteiger partial charge in [0.05, 0.1) is 0 Å². The fraction of sp³-hybridized carbons (Fsp3) is 0.455. The summed E-state index contributed by atoms with van der Waals surface area (Å²) in [6.45, 7) is 4.63. The van der Waals surface area contributed by atoms with Crippen LogP contribution >= 0.6 is 0 Å². The standard InChI is InChI=1S/C11H16FN/c1-8-6-9(2)11(12)10(7-8)4-5-13-3/h6-7,13H,4-5H2,1-3H3. The Bertz CT molecular complexity index is 294. The highest BCUT2D eigenvalue weighted by atomic mass is 19.1. The molecule has 0 saturated heterocycles. The van der Waals surface area contributed by atoms with Gasteiger partial charge in [0, 0.05) is 0 Å². The molecule has 2 heteroatoms. The van der Waals surface area contributed by atoms with E-state index in [1.165, 1.54) is 0 Å². The molecule has 0 spiro atoms. The molecule has 0 saturated carbocycles. The molecule has 0 atom stereocenters. The molecule has 1 rings (SSSR count). The lowest BCUT2D eigenvalue weighted by Gasteiger charge is -2.06. The van der Waals surface area contributed by atoms with Crippen molar-refractivity contribution in [3.63, 3.8) is 0 Å². The molecule has 72 valence electrons. The molecular weight excluding hydrogens is 165 g/mol. The fourth-order valence-corrected chi connectivity index (χ4v) is 1.48. The van der Waals surface area contributed by atoms with E-state index in [1.807, 2.05) is 33.0 Å². The molecule has 1 nitrogen and oxygen atoms in total. The minimum absolute atomic E-state index is 0.0548. The molecule has 0 aliphatic rings. The van der Waals surface area contributed by atoms with E-state index in [-0.39, 0.29) is 5.82 Å². The zero-order valence-electron chi connectivity index (χ0n) is 8.45. The SMILES string of the molecule is CNCCc1cc(C)cc(C)c1F. The van der Waals surface area contributed by atoms with Crippen molar-refractivity contribution in [3.05, 3.63) is 34.6 Å². The van der Waals surface area contributed by atoms with Gasteiger partial charge >= 0.3 is 0 Å². The van der Waals surface area contributed by atoms with E-state index in [1.54, 1.807) is 0 Å². The molecule has 0 aromatic heterocycles. The van der Waals surface area contributed by atoms with Crippen LogP contribution in [-0.2, 0) is 6.42 Å². The van der Waals surface area contributed by atoms with Crippen molar-refractivity contribution in [2.24, 2.45) is 0 Å². The van der Waals surface area contributed by atoms with Crippen LogP contribution in [-0.4, -0.2) is 13.6 Å². The normalized spacial score (nSPS) is 10.5. The van der Waals surface area contributed by atoms with Crippen molar-refractivity contribution in [1.29, 1.82) is 0 Å². The maximum Gasteiger partial charge on any atom is 0.129 e. The summed E-state index contributed by atoms with van der Waals surface area (Å²) >= 11 is 0. The average Bonchev–Trinajstić information content (AvgIpc) is 2.09. The first-order chi connectivity index (χ1) is 6.15. The summed E-state index contributed by atoms with van der Waals surface area (Å²) in [6.07, 6.45) is 0.755. The van der Waals surface area contributed by atoms with Crippen LogP contribution in [0.4, 0.5) is 4.39 Å². The Labute approximate surface area is 79.0 Å². The van der Waals surface area contributed by atoms with Crippen molar-refractivity contribution < 1.29 is 4.39 Å². The fourth-order valence-electron chi connectivity index (χ4n) is 1.48. The van der Waals surface area contributed by atoms with E-state index >= 15 is 0 Å². The molecule has 1 N–H and O–H groups in total. The van der Waals surface area contributed by atoms with Gasteiger partial charge in [-0.15, -0.1) is 0 Å². The molecule has 0 heterocycles. The van der Waals surface area contributed by atoms with Gasteiger partial charge in [-0.25, -0.2) is 4.39 Å². The maximum absolute atomic E-state index is 13.5. The van der Waals surface area contributed by atoms with Gasteiger partial charge in [-0.2, -0.15) is 0 Å². The van der Waals surface area contributed by atoms with Crippen molar-refractivity contribution >= 4 is 0 Å². The molecule has 1 aromatic carbocycles. The third-order valence-electron chi connectivity index (χ3n) is 2.12. The second-order valence-corrected chi connectivity index (χ2v) is 3.41. The second-order valence-electron chi connectivity index (χ2n) is 3.41. The first kappa shape index (κ1) is 10.2. The number of hydrogen-bond donors (Lipinski definition) is 1. The van der Waals surface area contributed by atoms with Crippen LogP contribution in [0.1, 0.15) is 16.7 Å². The van der Waals surface area contributed by atoms with Crippen LogP contribution in [0.15, 0.2) is 12.1 Å². The summed E-state index contributed by atoms with van der Waals surface area (Å²) in [7, 11) is 1.88. The van der Waals surface area contributed by atoms with Crippen LogP contribution in [0, 0.1) is 19.7 Å². The van der Waals surface area contributed by atoms with E-state index < -0.39 is 0 Å². The van der Waals surface area contributed by atoms with Crippen LogP contribution in [0.25, 0.3) is 0 Å². The Morgan fingerprint density at radius 3 is 2.62 bits per heavy atom. The number of nitrogens with one attached hydrogen (secondary N) is 1. The van der Waals surface area contributed by atoms with Gasteiger partial charge in [-0.3, -0.25) is 0 Å². The lowest BCUT2D eigenvalue weighted by molar-refractivity contribution is 0.595. The summed E-state index contributed by atoms with van der Waals surface area (Å²) in [6, 6.07) is 3.79. The Balaban J connectivity index is 2.92. The minimum Gasteiger partial charge on any atom is -0.319 e. The predicted molar refractivity (Wildman–Crippen MR) is 53.5 cm³/mol. The van der Waals surface area contributed by atoms with Gasteiger partial charge in [0.15, 0.2) is 0 Å². The second kappa shape index (κ2) is 4.38. The van der Waals surface area contributed by atoms with Gasteiger partial charge in [0.25, 0.3) is 0 Å². The van der Waals surface area contributed by atoms with Crippen LogP contribution in [0.5, 0.6) is 0 Å².